The highest BCUT2D eigenvalue weighted by Gasteiger charge is 2.41. The standard InChI is InChI=1S/C54H38N2Si/c1-6-19-39(20-7-1)40-33-36-51-49(37-40)47-35-34-45(57(42-23-10-3-11-24-42,43-25-12-4-13-26-43)44-27-14-5-15-28-44)38-53(47)56(51)52-32-18-30-48-46-29-16-17-31-50(46)55(54(48)52)41-21-8-2-9-22-41/h1-38H. The van der Waals surface area contributed by atoms with Gasteiger partial charge < -0.3 is 9.13 Å². The molecule has 0 aliphatic carbocycles. The fourth-order valence-corrected chi connectivity index (χ4v) is 14.2. The molecule has 57 heavy (non-hydrogen) atoms. The predicted octanol–water partition coefficient (Wildman–Crippen LogP) is 10.9. The maximum Gasteiger partial charge on any atom is 0.179 e. The predicted molar refractivity (Wildman–Crippen MR) is 244 cm³/mol. The van der Waals surface area contributed by atoms with Gasteiger partial charge in [-0.1, -0.05) is 188 Å². The summed E-state index contributed by atoms with van der Waals surface area (Å²) in [6.45, 7) is 0. The largest absolute Gasteiger partial charge is 0.307 e. The molecule has 3 heteroatoms. The first-order valence-corrected chi connectivity index (χ1v) is 21.7. The number of hydrogen-bond acceptors (Lipinski definition) is 0. The fourth-order valence-electron chi connectivity index (χ4n) is 9.41. The Labute approximate surface area is 333 Å². The van der Waals surface area contributed by atoms with Crippen LogP contribution >= 0.6 is 0 Å². The number of aromatic nitrogens is 2. The highest BCUT2D eigenvalue weighted by atomic mass is 28.3. The summed E-state index contributed by atoms with van der Waals surface area (Å²) in [5.74, 6) is 0. The summed E-state index contributed by atoms with van der Waals surface area (Å²) in [6, 6.07) is 85.3. The number of nitrogens with zero attached hydrogens (tertiary/aromatic N) is 2. The molecule has 0 bridgehead atoms. The molecule has 0 aliphatic heterocycles. The van der Waals surface area contributed by atoms with E-state index in [-0.39, 0.29) is 0 Å². The lowest BCUT2D eigenvalue weighted by Gasteiger charge is -2.34. The average molecular weight is 743 g/mol. The van der Waals surface area contributed by atoms with Crippen molar-refractivity contribution in [3.63, 3.8) is 0 Å². The topological polar surface area (TPSA) is 9.86 Å². The lowest BCUT2D eigenvalue weighted by atomic mass is 10.0. The van der Waals surface area contributed by atoms with E-state index in [1.165, 1.54) is 75.5 Å². The molecule has 2 aromatic heterocycles. The third-order valence-corrected chi connectivity index (χ3v) is 16.6. The maximum absolute atomic E-state index is 2.82. The maximum atomic E-state index is 2.55. The average Bonchev–Trinajstić information content (AvgIpc) is 3.81. The first-order chi connectivity index (χ1) is 28.3. The minimum Gasteiger partial charge on any atom is -0.307 e. The van der Waals surface area contributed by atoms with E-state index in [1.807, 2.05) is 0 Å². The second kappa shape index (κ2) is 13.5. The van der Waals surface area contributed by atoms with E-state index in [0.29, 0.717) is 0 Å². The van der Waals surface area contributed by atoms with Crippen LogP contribution in [0.5, 0.6) is 0 Å². The minimum absolute atomic E-state index is 1.15. The summed E-state index contributed by atoms with van der Waals surface area (Å²) >= 11 is 0. The van der Waals surface area contributed by atoms with Crippen LogP contribution in [0.3, 0.4) is 0 Å². The van der Waals surface area contributed by atoms with Gasteiger partial charge in [0.05, 0.1) is 27.8 Å². The van der Waals surface area contributed by atoms with Crippen molar-refractivity contribution in [2.45, 2.75) is 0 Å². The molecule has 0 atom stereocenters. The summed E-state index contributed by atoms with van der Waals surface area (Å²) in [4.78, 5) is 0. The van der Waals surface area contributed by atoms with Crippen LogP contribution < -0.4 is 20.7 Å². The third-order valence-electron chi connectivity index (χ3n) is 11.9. The second-order valence-electron chi connectivity index (χ2n) is 14.9. The molecular formula is C54H38N2Si. The normalized spacial score (nSPS) is 11.9. The first kappa shape index (κ1) is 33.2. The van der Waals surface area contributed by atoms with Gasteiger partial charge >= 0.3 is 0 Å². The van der Waals surface area contributed by atoms with Crippen LogP contribution in [0, 0.1) is 0 Å². The smallest absolute Gasteiger partial charge is 0.179 e. The summed E-state index contributed by atoms with van der Waals surface area (Å²) < 4.78 is 5.00. The quantitative estimate of drug-likeness (QED) is 0.114. The zero-order chi connectivity index (χ0) is 37.8. The number of fused-ring (bicyclic) bond motifs is 6. The van der Waals surface area contributed by atoms with Crippen LogP contribution in [-0.4, -0.2) is 17.2 Å². The van der Waals surface area contributed by atoms with Gasteiger partial charge in [0.25, 0.3) is 0 Å². The molecule has 0 unspecified atom stereocenters. The molecular weight excluding hydrogens is 705 g/mol. The van der Waals surface area contributed by atoms with E-state index < -0.39 is 8.07 Å². The molecule has 0 fully saturated rings. The molecule has 0 aliphatic rings. The van der Waals surface area contributed by atoms with Gasteiger partial charge in [0.1, 0.15) is 0 Å². The lowest BCUT2D eigenvalue weighted by molar-refractivity contribution is 1.13. The SMILES string of the molecule is c1ccc(-c2ccc3c(c2)c2ccc([Si](c4ccccc4)(c4ccccc4)c4ccccc4)cc2n3-c2cccc3c4ccccc4n(-c4ccccc4)c23)cc1. The molecule has 0 radical (unpaired) electrons. The van der Waals surface area contributed by atoms with Gasteiger partial charge in [-0.2, -0.15) is 0 Å². The summed E-state index contributed by atoms with van der Waals surface area (Å²) in [6.07, 6.45) is 0. The van der Waals surface area contributed by atoms with Gasteiger partial charge in [0.2, 0.25) is 0 Å². The first-order valence-electron chi connectivity index (χ1n) is 19.7. The van der Waals surface area contributed by atoms with E-state index in [1.54, 1.807) is 0 Å². The van der Waals surface area contributed by atoms with Crippen LogP contribution in [0.15, 0.2) is 231 Å². The lowest BCUT2D eigenvalue weighted by Crippen LogP contribution is -2.74. The summed E-state index contributed by atoms with van der Waals surface area (Å²) in [5, 5.41) is 10.4. The molecule has 0 amide bonds. The van der Waals surface area contributed by atoms with Crippen molar-refractivity contribution in [2.24, 2.45) is 0 Å². The molecule has 2 heterocycles. The van der Waals surface area contributed by atoms with Gasteiger partial charge in [-0.3, -0.25) is 0 Å². The third kappa shape index (κ3) is 5.17. The molecule has 0 saturated heterocycles. The molecule has 2 nitrogen and oxygen atoms in total. The van der Waals surface area contributed by atoms with E-state index >= 15 is 0 Å². The Bertz CT molecular complexity index is 3110. The number of rotatable bonds is 7. The zero-order valence-corrected chi connectivity index (χ0v) is 32.3. The van der Waals surface area contributed by atoms with Crippen LogP contribution in [0.1, 0.15) is 0 Å². The van der Waals surface area contributed by atoms with E-state index in [9.17, 15) is 0 Å². The zero-order valence-electron chi connectivity index (χ0n) is 31.3. The van der Waals surface area contributed by atoms with Crippen molar-refractivity contribution in [1.82, 2.24) is 9.13 Å². The molecule has 268 valence electrons. The number of para-hydroxylation sites is 3. The van der Waals surface area contributed by atoms with E-state index in [0.717, 1.165) is 11.4 Å². The highest BCUT2D eigenvalue weighted by Crippen LogP contribution is 2.40. The Hall–Kier alpha value is -7.20. The van der Waals surface area contributed by atoms with Crippen LogP contribution in [0.4, 0.5) is 0 Å². The van der Waals surface area contributed by atoms with Crippen LogP contribution in [-0.2, 0) is 0 Å². The van der Waals surface area contributed by atoms with Crippen molar-refractivity contribution < 1.29 is 0 Å². The second-order valence-corrected chi connectivity index (χ2v) is 18.7. The number of benzene rings is 9. The summed E-state index contributed by atoms with van der Waals surface area (Å²) in [7, 11) is -2.82. The molecule has 0 spiro atoms. The summed E-state index contributed by atoms with van der Waals surface area (Å²) in [5.41, 5.74) is 9.50. The van der Waals surface area contributed by atoms with Crippen molar-refractivity contribution in [3.8, 4) is 22.5 Å². The Kier molecular flexibility index (Phi) is 7.87. The molecule has 9 aromatic carbocycles. The van der Waals surface area contributed by atoms with Crippen molar-refractivity contribution in [3.05, 3.63) is 231 Å². The fraction of sp³-hybridized carbons (Fsp3) is 0. The van der Waals surface area contributed by atoms with Gasteiger partial charge in [0.15, 0.2) is 8.07 Å². The molecule has 0 N–H and O–H groups in total. The van der Waals surface area contributed by atoms with Gasteiger partial charge in [-0.25, -0.2) is 0 Å². The Morgan fingerprint density at radius 3 is 1.46 bits per heavy atom. The Balaban J connectivity index is 1.30. The van der Waals surface area contributed by atoms with Crippen molar-refractivity contribution in [1.29, 1.82) is 0 Å². The molecule has 11 aromatic rings. The monoisotopic (exact) mass is 742 g/mol. The van der Waals surface area contributed by atoms with Gasteiger partial charge in [-0.15, -0.1) is 0 Å². The van der Waals surface area contributed by atoms with E-state index in [4.69, 9.17) is 0 Å². The van der Waals surface area contributed by atoms with Crippen molar-refractivity contribution >= 4 is 72.4 Å². The minimum atomic E-state index is -2.82. The van der Waals surface area contributed by atoms with Gasteiger partial charge in [0, 0.05) is 27.2 Å². The Morgan fingerprint density at radius 2 is 0.807 bits per heavy atom. The molecule has 11 rings (SSSR count). The van der Waals surface area contributed by atoms with Crippen LogP contribution in [0.2, 0.25) is 0 Å². The van der Waals surface area contributed by atoms with Crippen LogP contribution in [0.25, 0.3) is 66.1 Å². The Morgan fingerprint density at radius 1 is 0.281 bits per heavy atom. The van der Waals surface area contributed by atoms with Crippen molar-refractivity contribution in [2.75, 3.05) is 0 Å². The number of hydrogen-bond donors (Lipinski definition) is 0. The van der Waals surface area contributed by atoms with Gasteiger partial charge in [-0.05, 0) is 74.3 Å². The van der Waals surface area contributed by atoms with E-state index in [2.05, 4.69) is 240 Å². The molecule has 0 saturated carbocycles. The highest BCUT2D eigenvalue weighted by molar-refractivity contribution is 7.20.